The van der Waals surface area contributed by atoms with Crippen molar-refractivity contribution in [2.45, 2.75) is 13.8 Å². The molecule has 0 amide bonds. The first kappa shape index (κ1) is 23.4. The van der Waals surface area contributed by atoms with Crippen molar-refractivity contribution in [3.8, 4) is 22.6 Å². The van der Waals surface area contributed by atoms with E-state index in [1.54, 1.807) is 6.92 Å². The van der Waals surface area contributed by atoms with Gasteiger partial charge in [0.05, 0.1) is 18.9 Å². The van der Waals surface area contributed by atoms with Crippen LogP contribution in [-0.4, -0.2) is 64.2 Å². The van der Waals surface area contributed by atoms with Crippen LogP contribution in [0, 0.1) is 12.3 Å². The second-order valence-corrected chi connectivity index (χ2v) is 8.62. The number of hydrogen-bond donors (Lipinski definition) is 4. The zero-order valence-electron chi connectivity index (χ0n) is 20.6. The molecule has 10 nitrogen and oxygen atoms in total. The Morgan fingerprint density at radius 3 is 2.42 bits per heavy atom. The van der Waals surface area contributed by atoms with Crippen LogP contribution in [0.2, 0.25) is 0 Å². The topological polar surface area (TPSA) is 128 Å². The third-order valence-electron chi connectivity index (χ3n) is 6.01. The van der Waals surface area contributed by atoms with Crippen LogP contribution in [0.1, 0.15) is 18.3 Å². The highest BCUT2D eigenvalue weighted by atomic mass is 16.5. The fourth-order valence-corrected chi connectivity index (χ4v) is 4.11. The lowest BCUT2D eigenvalue weighted by atomic mass is 10.0. The fourth-order valence-electron chi connectivity index (χ4n) is 4.11. The number of rotatable bonds is 7. The molecule has 2 aromatic carbocycles. The highest BCUT2D eigenvalue weighted by Gasteiger charge is 2.17. The van der Waals surface area contributed by atoms with Gasteiger partial charge in [-0.05, 0) is 44.2 Å². The Labute approximate surface area is 209 Å². The summed E-state index contributed by atoms with van der Waals surface area (Å²) in [7, 11) is 1.86. The van der Waals surface area contributed by atoms with Crippen LogP contribution in [0.3, 0.4) is 0 Å². The van der Waals surface area contributed by atoms with E-state index < -0.39 is 0 Å². The van der Waals surface area contributed by atoms with Crippen molar-refractivity contribution in [1.82, 2.24) is 25.1 Å². The Morgan fingerprint density at radius 1 is 1.00 bits per heavy atom. The smallest absolute Gasteiger partial charge is 0.228 e. The molecular weight excluding hydrogens is 454 g/mol. The summed E-state index contributed by atoms with van der Waals surface area (Å²) in [5, 5.41) is 21.8. The maximum Gasteiger partial charge on any atom is 0.228 e. The number of ether oxygens (including phenoxy) is 1. The first-order chi connectivity index (χ1) is 17.5. The largest absolute Gasteiger partial charge is 0.388 e. The summed E-state index contributed by atoms with van der Waals surface area (Å²) in [6, 6.07) is 15.9. The number of hydrogen-bond acceptors (Lipinski definition) is 9. The van der Waals surface area contributed by atoms with Gasteiger partial charge in [0.1, 0.15) is 11.6 Å². The number of aromatic amines is 1. The minimum Gasteiger partial charge on any atom is -0.388 e. The van der Waals surface area contributed by atoms with Crippen LogP contribution < -0.4 is 15.5 Å². The summed E-state index contributed by atoms with van der Waals surface area (Å²) in [5.41, 5.74) is 5.83. The Kier molecular flexibility index (Phi) is 6.59. The SMILES string of the molecule is CNc1cc(-c2cc(Nc3ccc(-c4n[nH]c(C)n4)cc3)nc(N3CCOCC3)n2)ccc1C(C)=N. The van der Waals surface area contributed by atoms with Crippen LogP contribution in [0.25, 0.3) is 22.6 Å². The summed E-state index contributed by atoms with van der Waals surface area (Å²) in [6.07, 6.45) is 0. The van der Waals surface area contributed by atoms with Crippen LogP contribution in [0.5, 0.6) is 0 Å². The molecule has 0 aliphatic carbocycles. The molecule has 2 aromatic heterocycles. The molecular formula is C26H29N9O. The number of benzene rings is 2. The number of nitrogens with one attached hydrogen (secondary N) is 4. The van der Waals surface area contributed by atoms with Crippen molar-refractivity contribution in [3.63, 3.8) is 0 Å². The van der Waals surface area contributed by atoms with Crippen molar-refractivity contribution in [1.29, 1.82) is 5.41 Å². The summed E-state index contributed by atoms with van der Waals surface area (Å²) < 4.78 is 5.52. The first-order valence-electron chi connectivity index (χ1n) is 11.9. The molecule has 184 valence electrons. The second kappa shape index (κ2) is 10.1. The van der Waals surface area contributed by atoms with Crippen molar-refractivity contribution >= 4 is 28.9 Å². The maximum absolute atomic E-state index is 8.05. The second-order valence-electron chi connectivity index (χ2n) is 8.62. The van der Waals surface area contributed by atoms with Gasteiger partial charge in [0.2, 0.25) is 5.95 Å². The van der Waals surface area contributed by atoms with Gasteiger partial charge in [0, 0.05) is 60.0 Å². The van der Waals surface area contributed by atoms with Gasteiger partial charge in [-0.25, -0.2) is 9.97 Å². The van der Waals surface area contributed by atoms with E-state index in [-0.39, 0.29) is 0 Å². The average Bonchev–Trinajstić information content (AvgIpc) is 3.35. The van der Waals surface area contributed by atoms with Crippen molar-refractivity contribution in [2.75, 3.05) is 48.9 Å². The number of anilines is 4. The summed E-state index contributed by atoms with van der Waals surface area (Å²) >= 11 is 0. The van der Waals surface area contributed by atoms with E-state index in [0.29, 0.717) is 36.5 Å². The van der Waals surface area contributed by atoms with Gasteiger partial charge >= 0.3 is 0 Å². The molecule has 10 heteroatoms. The highest BCUT2D eigenvalue weighted by molar-refractivity contribution is 6.02. The molecule has 4 aromatic rings. The Balaban J connectivity index is 1.49. The number of H-pyrrole nitrogens is 1. The van der Waals surface area contributed by atoms with E-state index in [1.165, 1.54) is 0 Å². The standard InChI is InChI=1S/C26H29N9O/c1-16(27)21-9-6-19(14-23(21)28-3)22-15-24(32-26(31-22)35-10-12-36-13-11-35)30-20-7-4-18(5-8-20)25-29-17(2)33-34-25/h4-9,14-15,27-28H,10-13H2,1-3H3,(H,29,33,34)(H,30,31,32). The normalized spacial score (nSPS) is 13.5. The molecule has 1 saturated heterocycles. The van der Waals surface area contributed by atoms with Crippen LogP contribution >= 0.6 is 0 Å². The van der Waals surface area contributed by atoms with E-state index >= 15 is 0 Å². The molecule has 36 heavy (non-hydrogen) atoms. The predicted octanol–water partition coefficient (Wildman–Crippen LogP) is 4.25. The molecule has 1 fully saturated rings. The van der Waals surface area contributed by atoms with Crippen LogP contribution in [-0.2, 0) is 4.74 Å². The highest BCUT2D eigenvalue weighted by Crippen LogP contribution is 2.29. The molecule has 1 aliphatic rings. The number of aromatic nitrogens is 5. The van der Waals surface area contributed by atoms with Crippen LogP contribution in [0.15, 0.2) is 48.5 Å². The van der Waals surface area contributed by atoms with Gasteiger partial charge in [0.15, 0.2) is 5.82 Å². The number of morpholine rings is 1. The third kappa shape index (κ3) is 5.03. The van der Waals surface area contributed by atoms with Crippen molar-refractivity contribution in [3.05, 3.63) is 59.9 Å². The first-order valence-corrected chi connectivity index (χ1v) is 11.9. The zero-order chi connectivity index (χ0) is 25.1. The average molecular weight is 484 g/mol. The monoisotopic (exact) mass is 483 g/mol. The maximum atomic E-state index is 8.05. The molecule has 0 radical (unpaired) electrons. The molecule has 5 rings (SSSR count). The van der Waals surface area contributed by atoms with E-state index in [2.05, 4.69) is 30.7 Å². The molecule has 0 saturated carbocycles. The molecule has 0 spiro atoms. The molecule has 3 heterocycles. The van der Waals surface area contributed by atoms with Gasteiger partial charge in [0.25, 0.3) is 0 Å². The molecule has 0 unspecified atom stereocenters. The van der Waals surface area contributed by atoms with Gasteiger partial charge in [-0.3, -0.25) is 5.10 Å². The minimum atomic E-state index is 0.508. The van der Waals surface area contributed by atoms with Gasteiger partial charge in [-0.1, -0.05) is 12.1 Å². The lowest BCUT2D eigenvalue weighted by Crippen LogP contribution is -2.37. The van der Waals surface area contributed by atoms with Crippen LogP contribution in [0.4, 0.5) is 23.1 Å². The molecule has 1 aliphatic heterocycles. The fraction of sp³-hybridized carbons (Fsp3) is 0.269. The van der Waals surface area contributed by atoms with Crippen molar-refractivity contribution in [2.24, 2.45) is 0 Å². The third-order valence-corrected chi connectivity index (χ3v) is 6.01. The Morgan fingerprint density at radius 2 is 1.75 bits per heavy atom. The Bertz CT molecular complexity index is 1370. The quantitative estimate of drug-likeness (QED) is 0.287. The predicted molar refractivity (Wildman–Crippen MR) is 142 cm³/mol. The molecule has 0 atom stereocenters. The van der Waals surface area contributed by atoms with Gasteiger partial charge in [-0.2, -0.15) is 10.1 Å². The van der Waals surface area contributed by atoms with E-state index in [9.17, 15) is 0 Å². The summed E-state index contributed by atoms with van der Waals surface area (Å²) in [5.74, 6) is 2.80. The Hall–Kier alpha value is -4.31. The number of aryl methyl sites for hydroxylation is 1. The van der Waals surface area contributed by atoms with Gasteiger partial charge < -0.3 is 25.7 Å². The zero-order valence-corrected chi connectivity index (χ0v) is 20.6. The lowest BCUT2D eigenvalue weighted by Gasteiger charge is -2.27. The van der Waals surface area contributed by atoms with Crippen molar-refractivity contribution < 1.29 is 4.74 Å². The summed E-state index contributed by atoms with van der Waals surface area (Å²) in [4.78, 5) is 16.2. The van der Waals surface area contributed by atoms with Gasteiger partial charge in [-0.15, -0.1) is 0 Å². The number of nitrogens with zero attached hydrogens (tertiary/aromatic N) is 5. The molecule has 4 N–H and O–H groups in total. The van der Waals surface area contributed by atoms with E-state index in [1.807, 2.05) is 62.5 Å². The van der Waals surface area contributed by atoms with E-state index in [0.717, 1.165) is 52.7 Å². The molecule has 0 bridgehead atoms. The lowest BCUT2D eigenvalue weighted by molar-refractivity contribution is 0.122. The van der Waals surface area contributed by atoms with E-state index in [4.69, 9.17) is 20.1 Å². The minimum absolute atomic E-state index is 0.508. The summed E-state index contributed by atoms with van der Waals surface area (Å²) in [6.45, 7) is 6.44.